The maximum Gasteiger partial charge on any atom is 0.233 e. The van der Waals surface area contributed by atoms with Crippen LogP contribution in [0.2, 0.25) is 0 Å². The van der Waals surface area contributed by atoms with Crippen LogP contribution in [0.5, 0.6) is 0 Å². The average Bonchev–Trinajstić information content (AvgIpc) is 3.32. The van der Waals surface area contributed by atoms with Crippen LogP contribution >= 0.6 is 11.3 Å². The van der Waals surface area contributed by atoms with Gasteiger partial charge in [-0.2, -0.15) is 10.1 Å². The molecule has 1 aliphatic heterocycles. The maximum absolute atomic E-state index is 12.3. The van der Waals surface area contributed by atoms with Crippen molar-refractivity contribution in [2.75, 3.05) is 7.05 Å². The van der Waals surface area contributed by atoms with Gasteiger partial charge in [-0.3, -0.25) is 9.48 Å². The summed E-state index contributed by atoms with van der Waals surface area (Å²) in [6.07, 6.45) is 2.18. The van der Waals surface area contributed by atoms with E-state index in [2.05, 4.69) is 15.2 Å². The molecule has 1 amide bonds. The van der Waals surface area contributed by atoms with Gasteiger partial charge in [-0.1, -0.05) is 11.2 Å². The van der Waals surface area contributed by atoms with Gasteiger partial charge in [0.15, 0.2) is 0 Å². The molecule has 0 saturated carbocycles. The van der Waals surface area contributed by atoms with Crippen molar-refractivity contribution >= 4 is 17.2 Å². The van der Waals surface area contributed by atoms with E-state index in [1.165, 1.54) is 0 Å². The van der Waals surface area contributed by atoms with Gasteiger partial charge in [0.2, 0.25) is 17.6 Å². The van der Waals surface area contributed by atoms with Crippen molar-refractivity contribution in [2.24, 2.45) is 7.05 Å². The smallest absolute Gasteiger partial charge is 0.233 e. The van der Waals surface area contributed by atoms with Gasteiger partial charge < -0.3 is 9.42 Å². The molecule has 0 bridgehead atoms. The quantitative estimate of drug-likeness (QED) is 0.730. The lowest BCUT2D eigenvalue weighted by Gasteiger charge is -2.23. The Morgan fingerprint density at radius 3 is 2.88 bits per heavy atom. The summed E-state index contributed by atoms with van der Waals surface area (Å²) < 4.78 is 7.32. The van der Waals surface area contributed by atoms with Crippen LogP contribution in [-0.4, -0.2) is 37.8 Å². The Hall–Kier alpha value is -2.48. The van der Waals surface area contributed by atoms with Crippen molar-refractivity contribution in [1.82, 2.24) is 24.8 Å². The molecule has 3 aromatic heterocycles. The molecule has 3 aromatic rings. The molecule has 1 saturated heterocycles. The number of aryl methyl sites for hydroxylation is 1. The molecular weight excluding hydrogens is 326 g/mol. The van der Waals surface area contributed by atoms with Crippen molar-refractivity contribution in [3.05, 3.63) is 40.9 Å². The molecule has 4 heterocycles. The molecule has 1 fully saturated rings. The first-order chi connectivity index (χ1) is 11.6. The molecular formula is C16H17N5O2S. The van der Waals surface area contributed by atoms with E-state index in [1.807, 2.05) is 49.4 Å². The normalized spacial score (nSPS) is 21.0. The summed E-state index contributed by atoms with van der Waals surface area (Å²) in [7, 11) is 3.71. The van der Waals surface area contributed by atoms with Crippen molar-refractivity contribution in [3.8, 4) is 10.7 Å². The molecule has 1 aliphatic rings. The van der Waals surface area contributed by atoms with Crippen LogP contribution in [0.25, 0.3) is 10.7 Å². The molecule has 0 N–H and O–H groups in total. The van der Waals surface area contributed by atoms with Crippen LogP contribution in [-0.2, 0) is 11.8 Å². The number of nitrogens with zero attached hydrogens (tertiary/aromatic N) is 5. The molecule has 0 aliphatic carbocycles. The predicted octanol–water partition coefficient (Wildman–Crippen LogP) is 2.53. The second-order valence-corrected chi connectivity index (χ2v) is 6.95. The Bertz CT molecular complexity index is 882. The second kappa shape index (κ2) is 5.55. The zero-order chi connectivity index (χ0) is 16.8. The van der Waals surface area contributed by atoms with E-state index in [1.54, 1.807) is 16.2 Å². The first-order valence-electron chi connectivity index (χ1n) is 7.68. The third-order valence-corrected chi connectivity index (χ3v) is 5.54. The number of likely N-dealkylation sites (N-methyl/N-ethyl adjacent to an activating group) is 1. The van der Waals surface area contributed by atoms with Crippen LogP contribution in [0.4, 0.5) is 0 Å². The highest BCUT2D eigenvalue weighted by Gasteiger charge is 2.43. The number of amides is 1. The van der Waals surface area contributed by atoms with Gasteiger partial charge in [0.1, 0.15) is 0 Å². The lowest BCUT2D eigenvalue weighted by molar-refractivity contribution is -0.127. The summed E-state index contributed by atoms with van der Waals surface area (Å²) in [6, 6.07) is 3.77. The van der Waals surface area contributed by atoms with E-state index in [0.717, 1.165) is 16.1 Å². The Kier molecular flexibility index (Phi) is 3.49. The number of rotatable bonds is 3. The summed E-state index contributed by atoms with van der Waals surface area (Å²) >= 11 is 1.56. The first kappa shape index (κ1) is 15.1. The molecule has 2 atom stereocenters. The Morgan fingerprint density at radius 2 is 2.21 bits per heavy atom. The fourth-order valence-electron chi connectivity index (χ4n) is 3.21. The minimum Gasteiger partial charge on any atom is -0.339 e. The minimum atomic E-state index is -0.161. The van der Waals surface area contributed by atoms with E-state index < -0.39 is 0 Å². The first-order valence-corrected chi connectivity index (χ1v) is 8.56. The number of aromatic nitrogens is 4. The summed E-state index contributed by atoms with van der Waals surface area (Å²) in [5.41, 5.74) is 2.05. The Labute approximate surface area is 142 Å². The molecule has 8 heteroatoms. The third kappa shape index (κ3) is 2.25. The number of hydrogen-bond acceptors (Lipinski definition) is 6. The highest BCUT2D eigenvalue weighted by Crippen LogP contribution is 2.44. The summed E-state index contributed by atoms with van der Waals surface area (Å²) in [6.45, 7) is 2.00. The lowest BCUT2D eigenvalue weighted by atomic mass is 9.94. The molecule has 0 radical (unpaired) electrons. The number of thiophene rings is 1. The van der Waals surface area contributed by atoms with E-state index in [4.69, 9.17) is 4.52 Å². The summed E-state index contributed by atoms with van der Waals surface area (Å²) in [5, 5.41) is 10.4. The summed E-state index contributed by atoms with van der Waals surface area (Å²) in [4.78, 5) is 19.6. The molecule has 7 nitrogen and oxygen atoms in total. The van der Waals surface area contributed by atoms with Gasteiger partial charge in [-0.05, 0) is 18.4 Å². The highest BCUT2D eigenvalue weighted by atomic mass is 32.1. The second-order valence-electron chi connectivity index (χ2n) is 6.00. The van der Waals surface area contributed by atoms with Crippen LogP contribution < -0.4 is 0 Å². The minimum absolute atomic E-state index is 0.0733. The highest BCUT2D eigenvalue weighted by molar-refractivity contribution is 7.13. The standard InChI is InChI=1S/C16H17N5O2S/c1-9-11(8-17-21(9)3)14-10(7-13(22)20(14)2)16-18-15(19-23-16)12-5-4-6-24-12/h4-6,8,10,14H,7H2,1-3H3/t10-,14+/m1/s1. The summed E-state index contributed by atoms with van der Waals surface area (Å²) in [5.74, 6) is 0.990. The SMILES string of the molecule is Cc1c([C@@H]2[C@H](c3nc(-c4cccs4)no3)CC(=O)N2C)cnn1C. The number of likely N-dealkylation sites (tertiary alicyclic amines) is 1. The van der Waals surface area contributed by atoms with Crippen LogP contribution in [0, 0.1) is 6.92 Å². The predicted molar refractivity (Wildman–Crippen MR) is 88.4 cm³/mol. The molecule has 24 heavy (non-hydrogen) atoms. The third-order valence-electron chi connectivity index (χ3n) is 4.68. The van der Waals surface area contributed by atoms with Gasteiger partial charge in [0, 0.05) is 31.8 Å². The van der Waals surface area contributed by atoms with E-state index >= 15 is 0 Å². The fourth-order valence-corrected chi connectivity index (χ4v) is 3.86. The van der Waals surface area contributed by atoms with Crippen molar-refractivity contribution in [2.45, 2.75) is 25.3 Å². The molecule has 0 spiro atoms. The molecule has 124 valence electrons. The molecule has 0 unspecified atom stereocenters. The van der Waals surface area contributed by atoms with Gasteiger partial charge in [0.25, 0.3) is 0 Å². The average molecular weight is 343 g/mol. The lowest BCUT2D eigenvalue weighted by Crippen LogP contribution is -2.24. The van der Waals surface area contributed by atoms with Crippen LogP contribution in [0.15, 0.2) is 28.2 Å². The van der Waals surface area contributed by atoms with Crippen molar-refractivity contribution in [1.29, 1.82) is 0 Å². The van der Waals surface area contributed by atoms with Gasteiger partial charge in [-0.25, -0.2) is 0 Å². The zero-order valence-electron chi connectivity index (χ0n) is 13.6. The fraction of sp³-hybridized carbons (Fsp3) is 0.375. The van der Waals surface area contributed by atoms with Crippen LogP contribution in [0.1, 0.15) is 35.5 Å². The number of carbonyl (C=O) groups is 1. The van der Waals surface area contributed by atoms with E-state index in [9.17, 15) is 4.79 Å². The Balaban J connectivity index is 1.73. The largest absolute Gasteiger partial charge is 0.339 e. The van der Waals surface area contributed by atoms with E-state index in [-0.39, 0.29) is 17.9 Å². The number of carbonyl (C=O) groups excluding carboxylic acids is 1. The Morgan fingerprint density at radius 1 is 1.38 bits per heavy atom. The van der Waals surface area contributed by atoms with E-state index in [0.29, 0.717) is 18.1 Å². The monoisotopic (exact) mass is 343 g/mol. The van der Waals surface area contributed by atoms with Gasteiger partial charge in [0.05, 0.1) is 23.0 Å². The number of hydrogen-bond donors (Lipinski definition) is 0. The molecule has 4 rings (SSSR count). The van der Waals surface area contributed by atoms with Gasteiger partial charge >= 0.3 is 0 Å². The zero-order valence-corrected chi connectivity index (χ0v) is 14.4. The van der Waals surface area contributed by atoms with Gasteiger partial charge in [-0.15, -0.1) is 11.3 Å². The van der Waals surface area contributed by atoms with Crippen LogP contribution in [0.3, 0.4) is 0 Å². The molecule has 0 aromatic carbocycles. The van der Waals surface area contributed by atoms with Crippen molar-refractivity contribution < 1.29 is 9.32 Å². The maximum atomic E-state index is 12.3. The van der Waals surface area contributed by atoms with Crippen molar-refractivity contribution in [3.63, 3.8) is 0 Å². The topological polar surface area (TPSA) is 77.1 Å².